The lowest BCUT2D eigenvalue weighted by Crippen LogP contribution is -2.25. The minimum absolute atomic E-state index is 0.354. The fourth-order valence-corrected chi connectivity index (χ4v) is 1.58. The van der Waals surface area contributed by atoms with Gasteiger partial charge in [-0.2, -0.15) is 0 Å². The largest absolute Gasteiger partial charge is 0.481 e. The summed E-state index contributed by atoms with van der Waals surface area (Å²) in [5, 5.41) is 11.8. The average Bonchev–Trinajstić information content (AvgIpc) is 2.20. The lowest BCUT2D eigenvalue weighted by Gasteiger charge is -2.09. The summed E-state index contributed by atoms with van der Waals surface area (Å²) in [5.74, 6) is -1.12. The smallest absolute Gasteiger partial charge is 0.307 e. The summed E-state index contributed by atoms with van der Waals surface area (Å²) in [6.45, 7) is 2.85. The number of halogens is 1. The lowest BCUT2D eigenvalue weighted by atomic mass is 10.2. The second kappa shape index (κ2) is 5.88. The summed E-state index contributed by atoms with van der Waals surface area (Å²) in [4.78, 5) is 10.6. The number of carboxylic acid groups (broad SMARTS) is 1. The van der Waals surface area contributed by atoms with Crippen LogP contribution in [0, 0.1) is 5.92 Å². The van der Waals surface area contributed by atoms with Crippen LogP contribution in [0.5, 0.6) is 0 Å². The maximum absolute atomic E-state index is 10.6. The Morgan fingerprint density at radius 2 is 2.20 bits per heavy atom. The number of aliphatic carboxylic acids is 1. The van der Waals surface area contributed by atoms with Crippen LogP contribution in [-0.2, 0) is 11.3 Å². The third kappa shape index (κ3) is 4.01. The van der Waals surface area contributed by atoms with Crippen molar-refractivity contribution in [3.8, 4) is 0 Å². The summed E-state index contributed by atoms with van der Waals surface area (Å²) >= 11 is 3.44. The molecule has 0 aliphatic heterocycles. The van der Waals surface area contributed by atoms with Crippen LogP contribution < -0.4 is 5.32 Å². The zero-order chi connectivity index (χ0) is 11.3. The van der Waals surface area contributed by atoms with Gasteiger partial charge in [-0.05, 0) is 11.6 Å². The number of hydrogen-bond donors (Lipinski definition) is 2. The van der Waals surface area contributed by atoms with E-state index in [9.17, 15) is 4.79 Å². The minimum atomic E-state index is -0.769. The molecular formula is C11H14BrNO2. The first kappa shape index (κ1) is 12.2. The molecule has 0 amide bonds. The molecule has 3 nitrogen and oxygen atoms in total. The van der Waals surface area contributed by atoms with Gasteiger partial charge in [0.2, 0.25) is 0 Å². The Kier molecular flexibility index (Phi) is 4.78. The Hall–Kier alpha value is -0.870. The molecule has 0 aliphatic rings. The van der Waals surface area contributed by atoms with Crippen molar-refractivity contribution in [2.45, 2.75) is 13.5 Å². The predicted octanol–water partition coefficient (Wildman–Crippen LogP) is 2.26. The van der Waals surface area contributed by atoms with Crippen LogP contribution in [-0.4, -0.2) is 17.6 Å². The highest BCUT2D eigenvalue weighted by Gasteiger charge is 2.09. The highest BCUT2D eigenvalue weighted by atomic mass is 79.9. The monoisotopic (exact) mass is 271 g/mol. The summed E-state index contributed by atoms with van der Waals surface area (Å²) in [6.07, 6.45) is 0. The summed E-state index contributed by atoms with van der Waals surface area (Å²) in [7, 11) is 0. The van der Waals surface area contributed by atoms with Crippen LogP contribution in [0.1, 0.15) is 12.5 Å². The fraction of sp³-hybridized carbons (Fsp3) is 0.364. The molecule has 82 valence electrons. The molecule has 0 heterocycles. The Morgan fingerprint density at radius 3 is 2.80 bits per heavy atom. The van der Waals surface area contributed by atoms with Gasteiger partial charge in [-0.1, -0.05) is 41.1 Å². The summed E-state index contributed by atoms with van der Waals surface area (Å²) in [5.41, 5.74) is 1.13. The average molecular weight is 272 g/mol. The van der Waals surface area contributed by atoms with Crippen molar-refractivity contribution in [1.29, 1.82) is 0 Å². The van der Waals surface area contributed by atoms with E-state index in [1.807, 2.05) is 24.3 Å². The first-order chi connectivity index (χ1) is 7.11. The lowest BCUT2D eigenvalue weighted by molar-refractivity contribution is -0.140. The first-order valence-corrected chi connectivity index (χ1v) is 5.57. The number of hydrogen-bond acceptors (Lipinski definition) is 2. The van der Waals surface area contributed by atoms with Gasteiger partial charge in [-0.3, -0.25) is 4.79 Å². The second-order valence-corrected chi connectivity index (χ2v) is 4.32. The molecule has 0 bridgehead atoms. The Morgan fingerprint density at radius 1 is 1.53 bits per heavy atom. The molecule has 0 aliphatic carbocycles. The normalized spacial score (nSPS) is 12.4. The molecule has 0 aromatic heterocycles. The zero-order valence-electron chi connectivity index (χ0n) is 8.53. The van der Waals surface area contributed by atoms with E-state index in [0.717, 1.165) is 10.0 Å². The van der Waals surface area contributed by atoms with Crippen molar-refractivity contribution in [2.24, 2.45) is 5.92 Å². The molecule has 4 heteroatoms. The van der Waals surface area contributed by atoms with Crippen LogP contribution in [0.4, 0.5) is 0 Å². The fourth-order valence-electron chi connectivity index (χ4n) is 1.15. The van der Waals surface area contributed by atoms with Gasteiger partial charge < -0.3 is 10.4 Å². The molecule has 0 spiro atoms. The van der Waals surface area contributed by atoms with E-state index < -0.39 is 5.97 Å². The van der Waals surface area contributed by atoms with E-state index in [2.05, 4.69) is 21.2 Å². The quantitative estimate of drug-likeness (QED) is 0.864. The molecule has 2 N–H and O–H groups in total. The maximum atomic E-state index is 10.6. The molecule has 0 saturated carbocycles. The predicted molar refractivity (Wildman–Crippen MR) is 62.6 cm³/mol. The van der Waals surface area contributed by atoms with Crippen molar-refractivity contribution < 1.29 is 9.90 Å². The van der Waals surface area contributed by atoms with Gasteiger partial charge in [0.05, 0.1) is 5.92 Å². The summed E-state index contributed by atoms with van der Waals surface area (Å²) < 4.78 is 1.04. The van der Waals surface area contributed by atoms with Gasteiger partial charge in [0.15, 0.2) is 0 Å². The van der Waals surface area contributed by atoms with Gasteiger partial charge >= 0.3 is 5.97 Å². The molecule has 0 saturated heterocycles. The molecule has 1 atom stereocenters. The Balaban J connectivity index is 2.38. The molecule has 1 unspecified atom stereocenters. The first-order valence-electron chi connectivity index (χ1n) is 4.78. The van der Waals surface area contributed by atoms with Crippen molar-refractivity contribution in [3.63, 3.8) is 0 Å². The van der Waals surface area contributed by atoms with E-state index in [-0.39, 0.29) is 5.92 Å². The number of nitrogens with one attached hydrogen (secondary N) is 1. The SMILES string of the molecule is CC(CNCc1ccccc1Br)C(=O)O. The number of rotatable bonds is 5. The molecule has 15 heavy (non-hydrogen) atoms. The highest BCUT2D eigenvalue weighted by molar-refractivity contribution is 9.10. The van der Waals surface area contributed by atoms with Crippen LogP contribution in [0.15, 0.2) is 28.7 Å². The molecule has 1 aromatic rings. The van der Waals surface area contributed by atoms with Crippen LogP contribution in [0.2, 0.25) is 0 Å². The topological polar surface area (TPSA) is 49.3 Å². The van der Waals surface area contributed by atoms with Gasteiger partial charge in [0, 0.05) is 17.6 Å². The van der Waals surface area contributed by atoms with Crippen LogP contribution >= 0.6 is 15.9 Å². The van der Waals surface area contributed by atoms with Gasteiger partial charge in [0.25, 0.3) is 0 Å². The van der Waals surface area contributed by atoms with Crippen molar-refractivity contribution in [2.75, 3.05) is 6.54 Å². The van der Waals surface area contributed by atoms with Crippen LogP contribution in [0.3, 0.4) is 0 Å². The molecular weight excluding hydrogens is 258 g/mol. The third-order valence-corrected chi connectivity index (χ3v) is 2.92. The standard InChI is InChI=1S/C11H14BrNO2/c1-8(11(14)15)6-13-7-9-4-2-3-5-10(9)12/h2-5,8,13H,6-7H2,1H3,(H,14,15). The third-order valence-electron chi connectivity index (χ3n) is 2.15. The van der Waals surface area contributed by atoms with Crippen molar-refractivity contribution >= 4 is 21.9 Å². The van der Waals surface area contributed by atoms with E-state index in [1.54, 1.807) is 6.92 Å². The molecule has 0 fully saturated rings. The van der Waals surface area contributed by atoms with Gasteiger partial charge in [0.1, 0.15) is 0 Å². The van der Waals surface area contributed by atoms with E-state index in [1.165, 1.54) is 0 Å². The van der Waals surface area contributed by atoms with E-state index >= 15 is 0 Å². The number of carboxylic acids is 1. The van der Waals surface area contributed by atoms with Crippen molar-refractivity contribution in [3.05, 3.63) is 34.3 Å². The van der Waals surface area contributed by atoms with Crippen molar-refractivity contribution in [1.82, 2.24) is 5.32 Å². The second-order valence-electron chi connectivity index (χ2n) is 3.46. The van der Waals surface area contributed by atoms with Gasteiger partial charge in [-0.25, -0.2) is 0 Å². The molecule has 1 rings (SSSR count). The zero-order valence-corrected chi connectivity index (χ0v) is 10.1. The molecule has 0 radical (unpaired) electrons. The number of benzene rings is 1. The van der Waals surface area contributed by atoms with Gasteiger partial charge in [-0.15, -0.1) is 0 Å². The highest BCUT2D eigenvalue weighted by Crippen LogP contribution is 2.15. The summed E-state index contributed by atoms with van der Waals surface area (Å²) in [6, 6.07) is 7.88. The molecule has 1 aromatic carbocycles. The van der Waals surface area contributed by atoms with E-state index in [4.69, 9.17) is 5.11 Å². The van der Waals surface area contributed by atoms with E-state index in [0.29, 0.717) is 13.1 Å². The Bertz CT molecular complexity index is 341. The Labute approximate surface area is 97.6 Å². The minimum Gasteiger partial charge on any atom is -0.481 e. The maximum Gasteiger partial charge on any atom is 0.307 e. The number of carbonyl (C=O) groups is 1. The van der Waals surface area contributed by atoms with Crippen LogP contribution in [0.25, 0.3) is 0 Å².